The molecule has 12 heavy (non-hydrogen) atoms. The van der Waals surface area contributed by atoms with E-state index >= 15 is 0 Å². The van der Waals surface area contributed by atoms with Crippen molar-refractivity contribution < 1.29 is 4.74 Å². The van der Waals surface area contributed by atoms with Gasteiger partial charge in [0.05, 0.1) is 6.61 Å². The molecule has 0 aliphatic heterocycles. The number of rotatable bonds is 7. The molecule has 0 saturated carbocycles. The van der Waals surface area contributed by atoms with Crippen LogP contribution in [0, 0.1) is 12.3 Å². The Kier molecular flexibility index (Phi) is 9.56. The van der Waals surface area contributed by atoms with Crippen LogP contribution in [0.5, 0.6) is 0 Å². The topological polar surface area (TPSA) is 21.3 Å². The summed E-state index contributed by atoms with van der Waals surface area (Å²) in [5.41, 5.74) is 0. The average Bonchev–Trinajstić information content (AvgIpc) is 2.10. The zero-order chi connectivity index (χ0) is 9.07. The zero-order valence-corrected chi connectivity index (χ0v) is 7.68. The van der Waals surface area contributed by atoms with Crippen molar-refractivity contribution in [3.8, 4) is 12.3 Å². The van der Waals surface area contributed by atoms with Crippen LogP contribution >= 0.6 is 0 Å². The Morgan fingerprint density at radius 2 is 2.25 bits per heavy atom. The summed E-state index contributed by atoms with van der Waals surface area (Å²) in [6.07, 6.45) is 11.0. The summed E-state index contributed by atoms with van der Waals surface area (Å²) in [4.78, 5) is 0. The maximum atomic E-state index is 5.08. The van der Waals surface area contributed by atoms with Gasteiger partial charge in [0.15, 0.2) is 0 Å². The predicted molar refractivity (Wildman–Crippen MR) is 52.0 cm³/mol. The number of nitrogens with one attached hydrogen (secondary N) is 1. The molecule has 0 saturated heterocycles. The molecule has 2 heteroatoms. The molecule has 0 aromatic carbocycles. The van der Waals surface area contributed by atoms with Gasteiger partial charge >= 0.3 is 0 Å². The molecule has 0 bridgehead atoms. The fourth-order valence-electron chi connectivity index (χ4n) is 0.754. The number of hydrogen-bond acceptors (Lipinski definition) is 2. The summed E-state index contributed by atoms with van der Waals surface area (Å²) >= 11 is 0. The van der Waals surface area contributed by atoms with E-state index in [1.165, 1.54) is 0 Å². The van der Waals surface area contributed by atoms with E-state index in [2.05, 4.69) is 17.3 Å². The first-order chi connectivity index (χ1) is 5.91. The van der Waals surface area contributed by atoms with E-state index in [-0.39, 0.29) is 0 Å². The first-order valence-corrected chi connectivity index (χ1v) is 4.20. The number of ether oxygens (including phenoxy) is 1. The van der Waals surface area contributed by atoms with Gasteiger partial charge < -0.3 is 10.1 Å². The van der Waals surface area contributed by atoms with Crippen LogP contribution in [-0.4, -0.2) is 26.8 Å². The van der Waals surface area contributed by atoms with Gasteiger partial charge in [0.2, 0.25) is 0 Å². The Balaban J connectivity index is 2.96. The molecule has 0 rings (SSSR count). The van der Waals surface area contributed by atoms with Crippen LogP contribution in [0.15, 0.2) is 12.2 Å². The monoisotopic (exact) mass is 167 g/mol. The number of hydrogen-bond donors (Lipinski definition) is 1. The summed E-state index contributed by atoms with van der Waals surface area (Å²) in [5, 5.41) is 3.24. The SMILES string of the molecule is C#CCC=CCCNCCOC. The van der Waals surface area contributed by atoms with Crippen LogP contribution in [0.2, 0.25) is 0 Å². The largest absolute Gasteiger partial charge is 0.383 e. The van der Waals surface area contributed by atoms with Crippen LogP contribution in [0.1, 0.15) is 12.8 Å². The third-order valence-corrected chi connectivity index (χ3v) is 1.37. The zero-order valence-electron chi connectivity index (χ0n) is 7.68. The van der Waals surface area contributed by atoms with Crippen molar-refractivity contribution >= 4 is 0 Å². The van der Waals surface area contributed by atoms with Gasteiger partial charge in [0.1, 0.15) is 0 Å². The van der Waals surface area contributed by atoms with E-state index in [0.29, 0.717) is 0 Å². The Labute approximate surface area is 75.0 Å². The lowest BCUT2D eigenvalue weighted by molar-refractivity contribution is 0.199. The molecule has 0 amide bonds. The molecule has 0 atom stereocenters. The van der Waals surface area contributed by atoms with Gasteiger partial charge in [-0.15, -0.1) is 12.3 Å². The third-order valence-electron chi connectivity index (χ3n) is 1.37. The second-order valence-corrected chi connectivity index (χ2v) is 2.41. The van der Waals surface area contributed by atoms with Gasteiger partial charge in [0.25, 0.3) is 0 Å². The van der Waals surface area contributed by atoms with E-state index in [9.17, 15) is 0 Å². The maximum absolute atomic E-state index is 5.08. The number of terminal acetylenes is 1. The van der Waals surface area contributed by atoms with Crippen molar-refractivity contribution in [2.45, 2.75) is 12.8 Å². The summed E-state index contributed by atoms with van der Waals surface area (Å²) < 4.78 is 4.88. The van der Waals surface area contributed by atoms with Gasteiger partial charge in [-0.2, -0.15) is 0 Å². The highest BCUT2D eigenvalue weighted by atomic mass is 16.5. The van der Waals surface area contributed by atoms with Gasteiger partial charge in [0, 0.05) is 20.1 Å². The highest BCUT2D eigenvalue weighted by Crippen LogP contribution is 1.83. The van der Waals surface area contributed by atoms with Gasteiger partial charge in [-0.3, -0.25) is 0 Å². The normalized spacial score (nSPS) is 10.3. The highest BCUT2D eigenvalue weighted by Gasteiger charge is 1.82. The van der Waals surface area contributed by atoms with Crippen molar-refractivity contribution in [1.82, 2.24) is 5.32 Å². The van der Waals surface area contributed by atoms with E-state index in [0.717, 1.165) is 32.5 Å². The van der Waals surface area contributed by atoms with Crippen LogP contribution in [-0.2, 0) is 4.74 Å². The molecule has 0 radical (unpaired) electrons. The molecule has 0 heterocycles. The van der Waals surface area contributed by atoms with E-state index in [1.807, 2.05) is 6.08 Å². The minimum atomic E-state index is 0.734. The molecule has 68 valence electrons. The lowest BCUT2D eigenvalue weighted by atomic mass is 10.3. The summed E-state index contributed by atoms with van der Waals surface area (Å²) in [6, 6.07) is 0. The quantitative estimate of drug-likeness (QED) is 0.349. The third kappa shape index (κ3) is 9.22. The molecule has 1 N–H and O–H groups in total. The van der Waals surface area contributed by atoms with Crippen molar-refractivity contribution in [2.24, 2.45) is 0 Å². The lowest BCUT2D eigenvalue weighted by Gasteiger charge is -1.99. The van der Waals surface area contributed by atoms with Crippen LogP contribution in [0.4, 0.5) is 0 Å². The summed E-state index contributed by atoms with van der Waals surface area (Å²) in [7, 11) is 1.70. The average molecular weight is 167 g/mol. The molecule has 0 aliphatic rings. The molecule has 0 aromatic rings. The van der Waals surface area contributed by atoms with Crippen molar-refractivity contribution in [2.75, 3.05) is 26.8 Å². The molecule has 0 fully saturated rings. The fourth-order valence-corrected chi connectivity index (χ4v) is 0.754. The fraction of sp³-hybridized carbons (Fsp3) is 0.600. The Morgan fingerprint density at radius 1 is 1.42 bits per heavy atom. The van der Waals surface area contributed by atoms with Crippen molar-refractivity contribution in [3.63, 3.8) is 0 Å². The van der Waals surface area contributed by atoms with Crippen molar-refractivity contribution in [1.29, 1.82) is 0 Å². The highest BCUT2D eigenvalue weighted by molar-refractivity contribution is 4.96. The molecule has 2 nitrogen and oxygen atoms in total. The molecule has 0 aromatic heterocycles. The molecular weight excluding hydrogens is 150 g/mol. The summed E-state index contributed by atoms with van der Waals surface area (Å²) in [6.45, 7) is 2.68. The van der Waals surface area contributed by atoms with Crippen molar-refractivity contribution in [3.05, 3.63) is 12.2 Å². The molecule has 0 spiro atoms. The Hall–Kier alpha value is -0.780. The second-order valence-electron chi connectivity index (χ2n) is 2.41. The molecular formula is C10H17NO. The summed E-state index contributed by atoms with van der Waals surface area (Å²) in [5.74, 6) is 2.55. The van der Waals surface area contributed by atoms with Gasteiger partial charge in [-0.05, 0) is 13.0 Å². The number of methoxy groups -OCH3 is 1. The smallest absolute Gasteiger partial charge is 0.0587 e. The number of allylic oxidation sites excluding steroid dienone is 1. The second kappa shape index (κ2) is 10.2. The van der Waals surface area contributed by atoms with E-state index < -0.39 is 0 Å². The Morgan fingerprint density at radius 3 is 2.92 bits per heavy atom. The first kappa shape index (κ1) is 11.2. The Bertz CT molecular complexity index is 146. The molecule has 0 unspecified atom stereocenters. The van der Waals surface area contributed by atoms with E-state index in [1.54, 1.807) is 7.11 Å². The first-order valence-electron chi connectivity index (χ1n) is 4.20. The molecule has 0 aliphatic carbocycles. The van der Waals surface area contributed by atoms with Gasteiger partial charge in [-0.1, -0.05) is 12.2 Å². The van der Waals surface area contributed by atoms with E-state index in [4.69, 9.17) is 11.2 Å². The predicted octanol–water partition coefficient (Wildman–Crippen LogP) is 1.19. The van der Waals surface area contributed by atoms with Crippen LogP contribution in [0.3, 0.4) is 0 Å². The van der Waals surface area contributed by atoms with Crippen LogP contribution in [0.25, 0.3) is 0 Å². The van der Waals surface area contributed by atoms with Crippen LogP contribution < -0.4 is 5.32 Å². The minimum Gasteiger partial charge on any atom is -0.383 e. The minimum absolute atomic E-state index is 0.734. The van der Waals surface area contributed by atoms with Gasteiger partial charge in [-0.25, -0.2) is 0 Å². The lowest BCUT2D eigenvalue weighted by Crippen LogP contribution is -2.19. The maximum Gasteiger partial charge on any atom is 0.0587 e. The standard InChI is InChI=1S/C10H17NO/c1-3-4-5-6-7-8-11-9-10-12-2/h1,5-6,11H,4,7-10H2,2H3.